The lowest BCUT2D eigenvalue weighted by Gasteiger charge is -2.12. The van der Waals surface area contributed by atoms with Crippen LogP contribution >= 0.6 is 0 Å². The van der Waals surface area contributed by atoms with Crippen molar-refractivity contribution < 1.29 is 22.8 Å². The Bertz CT molecular complexity index is 835. The summed E-state index contributed by atoms with van der Waals surface area (Å²) in [6.07, 6.45) is 0. The molecule has 0 saturated carbocycles. The lowest BCUT2D eigenvalue weighted by molar-refractivity contribution is -0.383. The third kappa shape index (κ3) is 3.51. The Morgan fingerprint density at radius 2 is 1.78 bits per heavy atom. The summed E-state index contributed by atoms with van der Waals surface area (Å²) in [4.78, 5) is 10.1. The number of nitrogens with one attached hydrogen (secondary N) is 1. The van der Waals surface area contributed by atoms with E-state index >= 15 is 0 Å². The standard InChI is InChI=1S/C14H14N2O6S/c1-21-10-7-8-13(22-2)14(9-10)23(19,20)15-11-5-3-4-6-12(11)16(17)18/h3-9,15H,1-2H3. The van der Waals surface area contributed by atoms with Gasteiger partial charge in [0.25, 0.3) is 15.7 Å². The predicted molar refractivity (Wildman–Crippen MR) is 83.5 cm³/mol. The molecule has 0 bridgehead atoms. The summed E-state index contributed by atoms with van der Waals surface area (Å²) in [6.45, 7) is 0. The van der Waals surface area contributed by atoms with Gasteiger partial charge in [-0.25, -0.2) is 8.42 Å². The van der Waals surface area contributed by atoms with E-state index in [0.717, 1.165) is 0 Å². The summed E-state index contributed by atoms with van der Waals surface area (Å²) < 4.78 is 37.4. The van der Waals surface area contributed by atoms with E-state index in [0.29, 0.717) is 5.75 Å². The molecule has 122 valence electrons. The number of para-hydroxylation sites is 2. The summed E-state index contributed by atoms with van der Waals surface area (Å²) in [5.74, 6) is 0.408. The molecule has 2 aromatic carbocycles. The number of nitro groups is 1. The van der Waals surface area contributed by atoms with Crippen molar-refractivity contribution in [3.8, 4) is 11.5 Å². The number of hydrogen-bond donors (Lipinski definition) is 1. The van der Waals surface area contributed by atoms with Gasteiger partial charge in [0.05, 0.1) is 19.1 Å². The van der Waals surface area contributed by atoms with Gasteiger partial charge in [-0.1, -0.05) is 12.1 Å². The van der Waals surface area contributed by atoms with Crippen molar-refractivity contribution >= 4 is 21.4 Å². The second kappa shape index (κ2) is 6.53. The summed E-state index contributed by atoms with van der Waals surface area (Å²) in [5, 5.41) is 11.0. The maximum atomic E-state index is 12.6. The zero-order chi connectivity index (χ0) is 17.0. The highest BCUT2D eigenvalue weighted by Crippen LogP contribution is 2.32. The minimum Gasteiger partial charge on any atom is -0.497 e. The summed E-state index contributed by atoms with van der Waals surface area (Å²) in [7, 11) is -1.38. The van der Waals surface area contributed by atoms with Crippen molar-refractivity contribution in [2.45, 2.75) is 4.90 Å². The van der Waals surface area contributed by atoms with Crippen LogP contribution in [-0.4, -0.2) is 27.6 Å². The van der Waals surface area contributed by atoms with Crippen LogP contribution in [0.3, 0.4) is 0 Å². The lowest BCUT2D eigenvalue weighted by Crippen LogP contribution is -2.15. The van der Waals surface area contributed by atoms with Gasteiger partial charge in [0.2, 0.25) is 0 Å². The van der Waals surface area contributed by atoms with E-state index in [1.54, 1.807) is 6.07 Å². The summed E-state index contributed by atoms with van der Waals surface area (Å²) in [6, 6.07) is 9.71. The van der Waals surface area contributed by atoms with Crippen LogP contribution < -0.4 is 14.2 Å². The van der Waals surface area contributed by atoms with E-state index in [4.69, 9.17) is 9.47 Å². The van der Waals surface area contributed by atoms with Crippen molar-refractivity contribution in [3.05, 3.63) is 52.6 Å². The van der Waals surface area contributed by atoms with Gasteiger partial charge < -0.3 is 9.47 Å². The van der Waals surface area contributed by atoms with Crippen LogP contribution in [0.2, 0.25) is 0 Å². The summed E-state index contributed by atoms with van der Waals surface area (Å²) >= 11 is 0. The third-order valence-corrected chi connectivity index (χ3v) is 4.39. The van der Waals surface area contributed by atoms with Gasteiger partial charge in [0.15, 0.2) is 0 Å². The average Bonchev–Trinajstić information content (AvgIpc) is 2.54. The molecule has 8 nitrogen and oxygen atoms in total. The molecular weight excluding hydrogens is 324 g/mol. The number of ether oxygens (including phenoxy) is 2. The smallest absolute Gasteiger partial charge is 0.293 e. The molecule has 0 fully saturated rings. The molecule has 0 aliphatic heterocycles. The first-order valence-electron chi connectivity index (χ1n) is 6.37. The molecule has 0 amide bonds. The molecule has 0 aliphatic carbocycles. The predicted octanol–water partition coefficient (Wildman–Crippen LogP) is 2.41. The molecule has 23 heavy (non-hydrogen) atoms. The number of methoxy groups -OCH3 is 2. The van der Waals surface area contributed by atoms with E-state index < -0.39 is 14.9 Å². The minimum atomic E-state index is -4.10. The maximum absolute atomic E-state index is 12.6. The Kier molecular flexibility index (Phi) is 4.70. The molecular formula is C14H14N2O6S. The highest BCUT2D eigenvalue weighted by molar-refractivity contribution is 7.92. The Balaban J connectivity index is 2.50. The van der Waals surface area contributed by atoms with E-state index in [-0.39, 0.29) is 22.0 Å². The molecule has 0 heterocycles. The number of sulfonamides is 1. The minimum absolute atomic E-state index is 0.0943. The molecule has 1 N–H and O–H groups in total. The van der Waals surface area contributed by atoms with Crippen LogP contribution in [0.5, 0.6) is 11.5 Å². The number of benzene rings is 2. The van der Waals surface area contributed by atoms with Crippen LogP contribution in [0.15, 0.2) is 47.4 Å². The Hall–Kier alpha value is -2.81. The zero-order valence-electron chi connectivity index (χ0n) is 12.3. The monoisotopic (exact) mass is 338 g/mol. The highest BCUT2D eigenvalue weighted by Gasteiger charge is 2.24. The van der Waals surface area contributed by atoms with Crippen molar-refractivity contribution in [2.75, 3.05) is 18.9 Å². The van der Waals surface area contributed by atoms with Crippen molar-refractivity contribution in [3.63, 3.8) is 0 Å². The van der Waals surface area contributed by atoms with Gasteiger partial charge in [-0.3, -0.25) is 14.8 Å². The molecule has 0 spiro atoms. The second-order valence-electron chi connectivity index (χ2n) is 4.40. The first-order chi connectivity index (χ1) is 10.9. The molecule has 2 aromatic rings. The third-order valence-electron chi connectivity index (χ3n) is 3.01. The van der Waals surface area contributed by atoms with Crippen LogP contribution in [0.4, 0.5) is 11.4 Å². The normalized spacial score (nSPS) is 10.9. The molecule has 9 heteroatoms. The number of nitro benzene ring substituents is 1. The number of anilines is 1. The van der Waals surface area contributed by atoms with Gasteiger partial charge in [0.1, 0.15) is 22.1 Å². The van der Waals surface area contributed by atoms with E-state index in [2.05, 4.69) is 4.72 Å². The fourth-order valence-corrected chi connectivity index (χ4v) is 3.17. The van der Waals surface area contributed by atoms with E-state index in [1.165, 1.54) is 50.6 Å². The lowest BCUT2D eigenvalue weighted by atomic mass is 10.3. The Morgan fingerprint density at radius 3 is 2.39 bits per heavy atom. The fourth-order valence-electron chi connectivity index (χ4n) is 1.91. The highest BCUT2D eigenvalue weighted by atomic mass is 32.2. The first-order valence-corrected chi connectivity index (χ1v) is 7.85. The fraction of sp³-hybridized carbons (Fsp3) is 0.143. The average molecular weight is 338 g/mol. The first kappa shape index (κ1) is 16.6. The Labute approximate surface area is 132 Å². The SMILES string of the molecule is COc1ccc(OC)c(S(=O)(=O)Nc2ccccc2[N+](=O)[O-])c1. The molecule has 0 atom stereocenters. The second-order valence-corrected chi connectivity index (χ2v) is 6.05. The quantitative estimate of drug-likeness (QED) is 0.640. The van der Waals surface area contributed by atoms with E-state index in [9.17, 15) is 18.5 Å². The summed E-state index contributed by atoms with van der Waals surface area (Å²) in [5.41, 5.74) is -0.486. The van der Waals surface area contributed by atoms with Gasteiger partial charge in [0, 0.05) is 12.1 Å². The number of hydrogen-bond acceptors (Lipinski definition) is 6. The van der Waals surface area contributed by atoms with Gasteiger partial charge in [-0.05, 0) is 18.2 Å². The largest absolute Gasteiger partial charge is 0.497 e. The number of rotatable bonds is 6. The van der Waals surface area contributed by atoms with Crippen LogP contribution in [0, 0.1) is 10.1 Å². The van der Waals surface area contributed by atoms with Crippen molar-refractivity contribution in [1.82, 2.24) is 0 Å². The Morgan fingerprint density at radius 1 is 1.09 bits per heavy atom. The topological polar surface area (TPSA) is 108 Å². The van der Waals surface area contributed by atoms with Crippen LogP contribution in [0.25, 0.3) is 0 Å². The van der Waals surface area contributed by atoms with Gasteiger partial charge >= 0.3 is 0 Å². The molecule has 2 rings (SSSR count). The van der Waals surface area contributed by atoms with Crippen LogP contribution in [0.1, 0.15) is 0 Å². The molecule has 0 unspecified atom stereocenters. The van der Waals surface area contributed by atoms with Crippen LogP contribution in [-0.2, 0) is 10.0 Å². The van der Waals surface area contributed by atoms with Crippen molar-refractivity contribution in [2.24, 2.45) is 0 Å². The van der Waals surface area contributed by atoms with Gasteiger partial charge in [-0.15, -0.1) is 0 Å². The molecule has 0 aromatic heterocycles. The molecule has 0 radical (unpaired) electrons. The van der Waals surface area contributed by atoms with Gasteiger partial charge in [-0.2, -0.15) is 0 Å². The zero-order valence-corrected chi connectivity index (χ0v) is 13.2. The van der Waals surface area contributed by atoms with Crippen molar-refractivity contribution in [1.29, 1.82) is 0 Å². The molecule has 0 saturated heterocycles. The van der Waals surface area contributed by atoms with E-state index in [1.807, 2.05) is 0 Å². The maximum Gasteiger partial charge on any atom is 0.293 e. The number of nitrogens with zero attached hydrogens (tertiary/aromatic N) is 1. The molecule has 0 aliphatic rings.